The van der Waals surface area contributed by atoms with E-state index in [0.717, 1.165) is 18.7 Å². The van der Waals surface area contributed by atoms with E-state index in [2.05, 4.69) is 18.7 Å². The second kappa shape index (κ2) is 5.71. The molecule has 1 aliphatic rings. The normalized spacial score (nSPS) is 26.7. The number of aliphatic hydroxyl groups is 1. The number of β-amino-alcohol motifs (C(OH)–C–C–N with tert-alkyl or cyclic N) is 1. The minimum absolute atomic E-state index is 0.283. The summed E-state index contributed by atoms with van der Waals surface area (Å²) in [7, 11) is -3.19. The molecule has 1 aromatic rings. The van der Waals surface area contributed by atoms with E-state index in [4.69, 9.17) is 0 Å². The molecule has 5 heteroatoms. The zero-order chi connectivity index (χ0) is 15.8. The summed E-state index contributed by atoms with van der Waals surface area (Å²) in [5, 5.41) is 10.7. The monoisotopic (exact) mass is 311 g/mol. The molecular formula is C16H25NO3S. The number of nitrogens with zero attached hydrogens (tertiary/aromatic N) is 1. The average molecular weight is 311 g/mol. The molecule has 2 rings (SSSR count). The Morgan fingerprint density at radius 1 is 1.19 bits per heavy atom. The number of hydrogen-bond donors (Lipinski definition) is 1. The Balaban J connectivity index is 2.12. The van der Waals surface area contributed by atoms with Crippen molar-refractivity contribution < 1.29 is 13.5 Å². The van der Waals surface area contributed by atoms with Crippen molar-refractivity contribution in [3.8, 4) is 0 Å². The van der Waals surface area contributed by atoms with Crippen LogP contribution in [0.5, 0.6) is 0 Å². The summed E-state index contributed by atoms with van der Waals surface area (Å²) >= 11 is 0. The average Bonchev–Trinajstić information content (AvgIpc) is 2.66. The Bertz CT molecular complexity index is 582. The highest BCUT2D eigenvalue weighted by Crippen LogP contribution is 2.28. The maximum absolute atomic E-state index is 11.5. The molecule has 1 saturated heterocycles. The van der Waals surface area contributed by atoms with Crippen LogP contribution in [-0.2, 0) is 15.4 Å². The summed E-state index contributed by atoms with van der Waals surface area (Å²) in [6.07, 6.45) is 1.19. The molecule has 0 aromatic heterocycles. The van der Waals surface area contributed by atoms with Crippen molar-refractivity contribution in [2.75, 3.05) is 25.9 Å². The van der Waals surface area contributed by atoms with Crippen molar-refractivity contribution in [2.24, 2.45) is 11.8 Å². The van der Waals surface area contributed by atoms with Gasteiger partial charge in [-0.25, -0.2) is 8.42 Å². The minimum atomic E-state index is -3.19. The highest BCUT2D eigenvalue weighted by molar-refractivity contribution is 7.90. The van der Waals surface area contributed by atoms with Crippen LogP contribution in [-0.4, -0.2) is 44.3 Å². The van der Waals surface area contributed by atoms with Gasteiger partial charge >= 0.3 is 0 Å². The molecule has 0 radical (unpaired) electrons. The van der Waals surface area contributed by atoms with E-state index in [-0.39, 0.29) is 4.90 Å². The predicted molar refractivity (Wildman–Crippen MR) is 83.9 cm³/mol. The summed E-state index contributed by atoms with van der Waals surface area (Å²) in [6.45, 7) is 8.83. The van der Waals surface area contributed by atoms with Gasteiger partial charge in [-0.3, -0.25) is 4.90 Å². The van der Waals surface area contributed by atoms with Gasteiger partial charge in [0.1, 0.15) is 0 Å². The molecule has 21 heavy (non-hydrogen) atoms. The molecule has 3 unspecified atom stereocenters. The zero-order valence-electron chi connectivity index (χ0n) is 13.2. The highest BCUT2D eigenvalue weighted by Gasteiger charge is 2.32. The molecule has 0 bridgehead atoms. The Hall–Kier alpha value is -0.910. The van der Waals surface area contributed by atoms with Gasteiger partial charge in [0.25, 0.3) is 0 Å². The van der Waals surface area contributed by atoms with Crippen molar-refractivity contribution in [3.05, 3.63) is 29.8 Å². The van der Waals surface area contributed by atoms with E-state index in [9.17, 15) is 13.5 Å². The first-order valence-electron chi connectivity index (χ1n) is 7.35. The third-order valence-electron chi connectivity index (χ3n) is 4.50. The van der Waals surface area contributed by atoms with E-state index in [1.165, 1.54) is 6.26 Å². The fourth-order valence-electron chi connectivity index (χ4n) is 2.97. The zero-order valence-corrected chi connectivity index (χ0v) is 14.0. The number of hydrogen-bond acceptors (Lipinski definition) is 4. The van der Waals surface area contributed by atoms with Crippen LogP contribution in [0.4, 0.5) is 0 Å². The third-order valence-corrected chi connectivity index (χ3v) is 5.63. The van der Waals surface area contributed by atoms with Crippen molar-refractivity contribution in [1.29, 1.82) is 0 Å². The standard InChI is InChI=1S/C16H25NO3S/c1-12-9-17(10-13(12)2)11-16(3,18)14-5-7-15(8-6-14)21(4,19)20/h5-8,12-13,18H,9-11H2,1-4H3. The molecule has 0 aliphatic carbocycles. The lowest BCUT2D eigenvalue weighted by atomic mass is 9.95. The lowest BCUT2D eigenvalue weighted by molar-refractivity contribution is 0.0213. The van der Waals surface area contributed by atoms with Crippen molar-refractivity contribution in [2.45, 2.75) is 31.3 Å². The molecule has 4 nitrogen and oxygen atoms in total. The summed E-state index contributed by atoms with van der Waals surface area (Å²) < 4.78 is 22.9. The second-order valence-electron chi connectivity index (χ2n) is 6.72. The first-order valence-corrected chi connectivity index (χ1v) is 9.24. The van der Waals surface area contributed by atoms with E-state index in [1.807, 2.05) is 0 Å². The molecule has 0 amide bonds. The van der Waals surface area contributed by atoms with Crippen LogP contribution in [0.3, 0.4) is 0 Å². The molecular weight excluding hydrogens is 286 g/mol. The van der Waals surface area contributed by atoms with Crippen LogP contribution in [0.1, 0.15) is 26.3 Å². The summed E-state index contributed by atoms with van der Waals surface area (Å²) in [6, 6.07) is 6.54. The highest BCUT2D eigenvalue weighted by atomic mass is 32.2. The van der Waals surface area contributed by atoms with E-state index >= 15 is 0 Å². The van der Waals surface area contributed by atoms with Crippen molar-refractivity contribution in [1.82, 2.24) is 4.90 Å². The quantitative estimate of drug-likeness (QED) is 0.922. The molecule has 1 aliphatic heterocycles. The lowest BCUT2D eigenvalue weighted by Gasteiger charge is -2.29. The molecule has 1 fully saturated rings. The van der Waals surface area contributed by atoms with Gasteiger partial charge in [-0.2, -0.15) is 0 Å². The Morgan fingerprint density at radius 2 is 1.67 bits per heavy atom. The maximum Gasteiger partial charge on any atom is 0.175 e. The summed E-state index contributed by atoms with van der Waals surface area (Å²) in [5.41, 5.74) is -0.220. The van der Waals surface area contributed by atoms with Crippen LogP contribution in [0.15, 0.2) is 29.2 Å². The van der Waals surface area contributed by atoms with Gasteiger partial charge in [0, 0.05) is 25.9 Å². The first-order chi connectivity index (χ1) is 9.59. The fraction of sp³-hybridized carbons (Fsp3) is 0.625. The van der Waals surface area contributed by atoms with E-state index in [1.54, 1.807) is 31.2 Å². The topological polar surface area (TPSA) is 57.6 Å². The Morgan fingerprint density at radius 3 is 2.10 bits per heavy atom. The van der Waals surface area contributed by atoms with Gasteiger partial charge in [0.05, 0.1) is 10.5 Å². The molecule has 3 atom stereocenters. The van der Waals surface area contributed by atoms with Gasteiger partial charge in [0.2, 0.25) is 0 Å². The lowest BCUT2D eigenvalue weighted by Crippen LogP contribution is -2.37. The molecule has 118 valence electrons. The number of likely N-dealkylation sites (tertiary alicyclic amines) is 1. The number of rotatable bonds is 4. The summed E-state index contributed by atoms with van der Waals surface area (Å²) in [4.78, 5) is 2.56. The van der Waals surface area contributed by atoms with Gasteiger partial charge in [-0.1, -0.05) is 26.0 Å². The second-order valence-corrected chi connectivity index (χ2v) is 8.73. The smallest absolute Gasteiger partial charge is 0.175 e. The Kier molecular flexibility index (Phi) is 4.47. The molecule has 0 spiro atoms. The molecule has 1 heterocycles. The SMILES string of the molecule is CC1CN(CC(C)(O)c2ccc(S(C)(=O)=O)cc2)CC1C. The minimum Gasteiger partial charge on any atom is -0.384 e. The van der Waals surface area contributed by atoms with Crippen LogP contribution >= 0.6 is 0 Å². The van der Waals surface area contributed by atoms with Crippen LogP contribution in [0.2, 0.25) is 0 Å². The van der Waals surface area contributed by atoms with Crippen molar-refractivity contribution in [3.63, 3.8) is 0 Å². The van der Waals surface area contributed by atoms with Gasteiger partial charge < -0.3 is 5.11 Å². The Labute approximate surface area is 127 Å². The van der Waals surface area contributed by atoms with Crippen LogP contribution in [0, 0.1) is 11.8 Å². The fourth-order valence-corrected chi connectivity index (χ4v) is 3.60. The van der Waals surface area contributed by atoms with Gasteiger partial charge in [-0.15, -0.1) is 0 Å². The van der Waals surface area contributed by atoms with E-state index in [0.29, 0.717) is 18.4 Å². The maximum atomic E-state index is 11.5. The van der Waals surface area contributed by atoms with Crippen molar-refractivity contribution >= 4 is 9.84 Å². The molecule has 1 aromatic carbocycles. The molecule has 1 N–H and O–H groups in total. The molecule has 0 saturated carbocycles. The predicted octanol–water partition coefficient (Wildman–Crippen LogP) is 1.89. The largest absolute Gasteiger partial charge is 0.384 e. The summed E-state index contributed by atoms with van der Waals surface area (Å²) in [5.74, 6) is 1.29. The van der Waals surface area contributed by atoms with Crippen LogP contribution < -0.4 is 0 Å². The first kappa shape index (κ1) is 16.5. The number of benzene rings is 1. The number of sulfone groups is 1. The van der Waals surface area contributed by atoms with Crippen LogP contribution in [0.25, 0.3) is 0 Å². The van der Waals surface area contributed by atoms with E-state index < -0.39 is 15.4 Å². The van der Waals surface area contributed by atoms with Gasteiger partial charge in [0.15, 0.2) is 9.84 Å². The van der Waals surface area contributed by atoms with Gasteiger partial charge in [-0.05, 0) is 36.5 Å². The third kappa shape index (κ3) is 3.84.